The lowest BCUT2D eigenvalue weighted by molar-refractivity contribution is -0.0117. The zero-order valence-electron chi connectivity index (χ0n) is 26.8. The summed E-state index contributed by atoms with van der Waals surface area (Å²) in [6.45, 7) is 9.35. The Morgan fingerprint density at radius 1 is 0.959 bits per heavy atom. The molecule has 7 rings (SSSR count). The van der Waals surface area contributed by atoms with Crippen LogP contribution in [0.2, 0.25) is 0 Å². The second-order valence-corrected chi connectivity index (χ2v) is 14.8. The van der Waals surface area contributed by atoms with Crippen LogP contribution in [0.5, 0.6) is 0 Å². The standard InChI is InChI=1S/C34H34F2N8O3S2/c1-21(2)33-41-30(22-5-3-6-23(17-22)42-49(45,46)32-26(35)7-4-8-27(32)36)31(48-33)28-11-12-37-34(40-28)39-24-9-10-29(38-18-24)44-14-13-43-15-16-47-20-25(43)19-44/h3-12,17-18,21,25,42H,13-16,19-20H2,1-2H3,(H,37,39,40)/t25-/m1/s1. The molecule has 2 fully saturated rings. The van der Waals surface area contributed by atoms with Crippen molar-refractivity contribution in [1.29, 1.82) is 0 Å². The fourth-order valence-corrected chi connectivity index (χ4v) is 8.15. The van der Waals surface area contributed by atoms with Crippen molar-refractivity contribution in [2.24, 2.45) is 0 Å². The Hall–Kier alpha value is -4.57. The van der Waals surface area contributed by atoms with E-state index < -0.39 is 26.6 Å². The fourth-order valence-electron chi connectivity index (χ4n) is 5.90. The molecule has 0 bridgehead atoms. The monoisotopic (exact) mass is 704 g/mol. The second-order valence-electron chi connectivity index (χ2n) is 12.1. The molecule has 49 heavy (non-hydrogen) atoms. The first-order chi connectivity index (χ1) is 23.6. The number of piperazine rings is 1. The number of halogens is 2. The largest absolute Gasteiger partial charge is 0.378 e. The summed E-state index contributed by atoms with van der Waals surface area (Å²) in [6.07, 6.45) is 3.42. The molecular weight excluding hydrogens is 671 g/mol. The van der Waals surface area contributed by atoms with Crippen LogP contribution in [0.25, 0.3) is 21.8 Å². The number of rotatable bonds is 9. The number of ether oxygens (including phenoxy) is 1. The van der Waals surface area contributed by atoms with Crippen LogP contribution in [-0.4, -0.2) is 78.7 Å². The molecule has 2 aliphatic heterocycles. The van der Waals surface area contributed by atoms with Crippen LogP contribution in [0.4, 0.5) is 31.9 Å². The Balaban J connectivity index is 1.12. The van der Waals surface area contributed by atoms with E-state index in [1.807, 2.05) is 26.0 Å². The number of hydrogen-bond acceptors (Lipinski definition) is 11. The number of anilines is 4. The number of thiazole rings is 1. The van der Waals surface area contributed by atoms with E-state index in [-0.39, 0.29) is 11.6 Å². The Kier molecular flexibility index (Phi) is 9.24. The van der Waals surface area contributed by atoms with Crippen molar-refractivity contribution in [2.75, 3.05) is 54.3 Å². The van der Waals surface area contributed by atoms with E-state index >= 15 is 0 Å². The summed E-state index contributed by atoms with van der Waals surface area (Å²) in [6, 6.07) is 15.5. The van der Waals surface area contributed by atoms with Crippen LogP contribution < -0.4 is 14.9 Å². The Bertz CT molecular complexity index is 2060. The van der Waals surface area contributed by atoms with Crippen molar-refractivity contribution in [2.45, 2.75) is 30.7 Å². The molecule has 2 N–H and O–H groups in total. The Morgan fingerprint density at radius 3 is 2.55 bits per heavy atom. The number of benzene rings is 2. The molecule has 0 spiro atoms. The van der Waals surface area contributed by atoms with E-state index in [4.69, 9.17) is 19.7 Å². The smallest absolute Gasteiger partial charge is 0.267 e. The maximum atomic E-state index is 14.3. The highest BCUT2D eigenvalue weighted by Gasteiger charge is 2.30. The van der Waals surface area contributed by atoms with Crippen LogP contribution in [0.1, 0.15) is 24.8 Å². The van der Waals surface area contributed by atoms with Gasteiger partial charge in [0, 0.05) is 49.5 Å². The zero-order chi connectivity index (χ0) is 34.1. The highest BCUT2D eigenvalue weighted by Crippen LogP contribution is 2.39. The van der Waals surface area contributed by atoms with Gasteiger partial charge in [0.2, 0.25) is 5.95 Å². The fraction of sp³-hybridized carbons (Fsp3) is 0.294. The van der Waals surface area contributed by atoms with Gasteiger partial charge in [-0.25, -0.2) is 37.1 Å². The second kappa shape index (κ2) is 13.7. The number of nitrogens with zero attached hydrogens (tertiary/aromatic N) is 6. The minimum atomic E-state index is -4.56. The quantitative estimate of drug-likeness (QED) is 0.185. The summed E-state index contributed by atoms with van der Waals surface area (Å²) in [5.41, 5.74) is 2.67. The zero-order valence-corrected chi connectivity index (χ0v) is 28.4. The summed E-state index contributed by atoms with van der Waals surface area (Å²) >= 11 is 1.48. The van der Waals surface area contributed by atoms with Gasteiger partial charge >= 0.3 is 0 Å². The molecule has 0 amide bonds. The van der Waals surface area contributed by atoms with Crippen molar-refractivity contribution < 1.29 is 21.9 Å². The first kappa shape index (κ1) is 33.0. The van der Waals surface area contributed by atoms with Crippen molar-refractivity contribution in [1.82, 2.24) is 24.8 Å². The first-order valence-electron chi connectivity index (χ1n) is 15.9. The number of sulfonamides is 1. The van der Waals surface area contributed by atoms with Gasteiger partial charge in [0.15, 0.2) is 4.90 Å². The molecule has 0 radical (unpaired) electrons. The molecule has 1 atom stereocenters. The van der Waals surface area contributed by atoms with Crippen LogP contribution in [-0.2, 0) is 14.8 Å². The SMILES string of the molecule is CC(C)c1nc(-c2cccc(NS(=O)(=O)c3c(F)cccc3F)c2)c(-c2ccnc(Nc3ccc(N4CCN5CCOC[C@H]5C4)nc3)n2)s1. The molecule has 5 heterocycles. The lowest BCUT2D eigenvalue weighted by atomic mass is 10.1. The van der Waals surface area contributed by atoms with Gasteiger partial charge in [-0.2, -0.15) is 0 Å². The third-order valence-electron chi connectivity index (χ3n) is 8.37. The van der Waals surface area contributed by atoms with Crippen molar-refractivity contribution in [3.8, 4) is 21.8 Å². The van der Waals surface area contributed by atoms with E-state index in [9.17, 15) is 17.2 Å². The van der Waals surface area contributed by atoms with Crippen LogP contribution in [0.3, 0.4) is 0 Å². The molecule has 2 aromatic carbocycles. The highest BCUT2D eigenvalue weighted by atomic mass is 32.2. The molecule has 0 saturated carbocycles. The van der Waals surface area contributed by atoms with E-state index in [2.05, 4.69) is 24.8 Å². The number of hydrogen-bond donors (Lipinski definition) is 2. The van der Waals surface area contributed by atoms with Crippen LogP contribution in [0.15, 0.2) is 78.0 Å². The van der Waals surface area contributed by atoms with Crippen molar-refractivity contribution >= 4 is 44.5 Å². The van der Waals surface area contributed by atoms with Crippen LogP contribution in [0, 0.1) is 11.6 Å². The van der Waals surface area contributed by atoms with Gasteiger partial charge in [0.25, 0.3) is 10.0 Å². The minimum Gasteiger partial charge on any atom is -0.378 e. The first-order valence-corrected chi connectivity index (χ1v) is 18.2. The van der Waals surface area contributed by atoms with Gasteiger partial charge in [-0.1, -0.05) is 32.0 Å². The van der Waals surface area contributed by atoms with E-state index in [0.29, 0.717) is 28.9 Å². The summed E-state index contributed by atoms with van der Waals surface area (Å²) in [5.74, 6) is -0.968. The number of aromatic nitrogens is 4. The minimum absolute atomic E-state index is 0.112. The third-order valence-corrected chi connectivity index (χ3v) is 11.2. The van der Waals surface area contributed by atoms with E-state index in [1.165, 1.54) is 17.4 Å². The van der Waals surface area contributed by atoms with E-state index in [0.717, 1.165) is 79.0 Å². The predicted molar refractivity (Wildman–Crippen MR) is 186 cm³/mol. The van der Waals surface area contributed by atoms with Gasteiger partial charge in [0.1, 0.15) is 17.5 Å². The van der Waals surface area contributed by atoms with Gasteiger partial charge in [-0.3, -0.25) is 9.62 Å². The van der Waals surface area contributed by atoms with Gasteiger partial charge < -0.3 is 15.0 Å². The van der Waals surface area contributed by atoms with Gasteiger partial charge in [0.05, 0.1) is 52.4 Å². The Labute approximate surface area is 287 Å². The average Bonchev–Trinajstić information content (AvgIpc) is 3.55. The normalized spacial score (nSPS) is 16.8. The molecule has 15 heteroatoms. The topological polar surface area (TPSA) is 125 Å². The molecule has 0 unspecified atom stereocenters. The highest BCUT2D eigenvalue weighted by molar-refractivity contribution is 7.92. The van der Waals surface area contributed by atoms with Crippen molar-refractivity contribution in [3.63, 3.8) is 0 Å². The third kappa shape index (κ3) is 7.11. The molecule has 11 nitrogen and oxygen atoms in total. The number of morpholine rings is 1. The molecule has 2 aliphatic rings. The maximum Gasteiger partial charge on any atom is 0.267 e. The van der Waals surface area contributed by atoms with Gasteiger partial charge in [-0.05, 0) is 42.5 Å². The molecular formula is C34H34F2N8O3S2. The summed E-state index contributed by atoms with van der Waals surface area (Å²) < 4.78 is 62.6. The lowest BCUT2D eigenvalue weighted by Crippen LogP contribution is -2.58. The lowest BCUT2D eigenvalue weighted by Gasteiger charge is -2.44. The maximum absolute atomic E-state index is 14.3. The molecule has 254 valence electrons. The van der Waals surface area contributed by atoms with E-state index in [1.54, 1.807) is 36.7 Å². The average molecular weight is 705 g/mol. The van der Waals surface area contributed by atoms with Gasteiger partial charge in [-0.15, -0.1) is 11.3 Å². The van der Waals surface area contributed by atoms with Crippen molar-refractivity contribution in [3.05, 3.63) is 89.7 Å². The predicted octanol–water partition coefficient (Wildman–Crippen LogP) is 6.13. The molecule has 5 aromatic rings. The summed E-state index contributed by atoms with van der Waals surface area (Å²) in [5, 5.41) is 4.11. The van der Waals surface area contributed by atoms with Crippen LogP contribution >= 0.6 is 11.3 Å². The molecule has 0 aliphatic carbocycles. The summed E-state index contributed by atoms with van der Waals surface area (Å²) in [4.78, 5) is 23.3. The number of pyridine rings is 1. The molecule has 2 saturated heterocycles. The number of fused-ring (bicyclic) bond motifs is 1. The Morgan fingerprint density at radius 2 is 1.78 bits per heavy atom. The molecule has 3 aromatic heterocycles. The number of nitrogens with one attached hydrogen (secondary N) is 2. The summed E-state index contributed by atoms with van der Waals surface area (Å²) in [7, 11) is -4.56.